The van der Waals surface area contributed by atoms with Crippen molar-refractivity contribution in [2.24, 2.45) is 0 Å². The molecule has 0 saturated carbocycles. The molecule has 0 aliphatic carbocycles. The second-order valence-corrected chi connectivity index (χ2v) is 13.1. The Morgan fingerprint density at radius 1 is 0.667 bits per heavy atom. The first-order valence-electron chi connectivity index (χ1n) is 19.7. The van der Waals surface area contributed by atoms with Gasteiger partial charge in [-0.15, -0.1) is 12.8 Å². The average Bonchev–Trinajstić information content (AvgIpc) is 3.34. The minimum Gasteiger partial charge on any atom is -1.00 e. The molecule has 0 aromatic heterocycles. The number of benzene rings is 4. The number of carbonyl (C=O) groups is 5. The van der Waals surface area contributed by atoms with E-state index in [0.29, 0.717) is 56.0 Å². The first-order chi connectivity index (χ1) is 32.6. The van der Waals surface area contributed by atoms with Crippen molar-refractivity contribution in [3.63, 3.8) is 0 Å². The van der Waals surface area contributed by atoms with E-state index in [1.807, 2.05) is 0 Å². The zero-order valence-electron chi connectivity index (χ0n) is 40.3. The zero-order valence-corrected chi connectivity index (χ0v) is 46.1. The molecule has 0 bridgehead atoms. The van der Waals surface area contributed by atoms with Gasteiger partial charge >= 0.3 is 103 Å². The molecule has 0 spiro atoms. The summed E-state index contributed by atoms with van der Waals surface area (Å²) in [5, 5.41) is 55.9. The van der Waals surface area contributed by atoms with Gasteiger partial charge in [0.05, 0.1) is 54.1 Å². The van der Waals surface area contributed by atoms with Crippen LogP contribution in [0.5, 0.6) is 34.5 Å². The molecule has 4 aromatic carbocycles. The first-order valence-corrected chi connectivity index (χ1v) is 20.1. The van der Waals surface area contributed by atoms with E-state index in [4.69, 9.17) is 48.7 Å². The molecule has 0 aliphatic rings. The van der Waals surface area contributed by atoms with Gasteiger partial charge in [0.1, 0.15) is 18.1 Å². The van der Waals surface area contributed by atoms with E-state index < -0.39 is 7.15 Å². The van der Waals surface area contributed by atoms with Gasteiger partial charge in [0.25, 0.3) is 6.47 Å². The minimum atomic E-state index is -1.00. The second-order valence-electron chi connectivity index (χ2n) is 12.5. The minimum absolute atomic E-state index is 0. The molecule has 0 saturated heterocycles. The smallest absolute Gasteiger partial charge is 1.00 e. The number of aromatic hydroxyl groups is 3. The predicted molar refractivity (Wildman–Crippen MR) is 253 cm³/mol. The number of hydrogen-bond donors (Lipinski definition) is 5. The average molecular weight is 1070 g/mol. The number of methoxy groups -OCH3 is 2. The maximum absolute atomic E-state index is 12.1. The fourth-order valence-corrected chi connectivity index (χ4v) is 4.83. The van der Waals surface area contributed by atoms with E-state index in [-0.39, 0.29) is 184 Å². The maximum atomic E-state index is 12.1. The summed E-state index contributed by atoms with van der Waals surface area (Å²) >= 11 is 3.01. The molecular weight excluding hydrogens is 1020 g/mol. The van der Waals surface area contributed by atoms with Crippen LogP contribution >= 0.6 is 15.9 Å². The van der Waals surface area contributed by atoms with E-state index in [0.717, 1.165) is 0 Å². The molecule has 0 fully saturated rings. The number of aliphatic hydroxyl groups excluding tert-OH is 2. The molecule has 15 nitrogen and oxygen atoms in total. The van der Waals surface area contributed by atoms with E-state index in [9.17, 15) is 38.9 Å². The predicted octanol–water partition coefficient (Wildman–Crippen LogP) is 0.169. The summed E-state index contributed by atoms with van der Waals surface area (Å²) in [6, 6.07) is 18.9. The molecule has 4 rings (SSSR count). The topological polar surface area (TPSA) is 246 Å². The van der Waals surface area contributed by atoms with Gasteiger partial charge in [-0.1, -0.05) is 76.3 Å². The summed E-state index contributed by atoms with van der Waals surface area (Å²) in [6.07, 6.45) is 20.7. The Bertz CT molecular complexity index is 2400. The molecule has 4 aromatic rings. The molecule has 0 radical (unpaired) electrons. The van der Waals surface area contributed by atoms with Crippen LogP contribution in [0.25, 0.3) is 24.3 Å². The number of phenols is 3. The fourth-order valence-electron chi connectivity index (χ4n) is 4.83. The van der Waals surface area contributed by atoms with Crippen LogP contribution in [-0.4, -0.2) is 88.4 Å². The standard InChI is InChI=1S/C24H22O6.C21H20O6.C3H3Br.CH3F.CH2O3.2K.H/c1-3-12-30-23-11-7-18(14-24(23)29-2)5-9-21(27)15-20(26)8-4-17-6-10-22(28)19(13-17)16-25;1-27-21-11-15(5-9-20(21)26)3-7-18(24)12-17(23)6-2-14-4-8-19(25)16(10-14)13-22;1-2-3-4;1-2;2-1-4-3;;;/h1,4-11,13-14,25,28H,12,15-16H2,2H3;2-11,22,25-26H,12-13H2,1H3;1H,3H2;1H3;1,3H;;;/q;;;;;2*+1;-1/p-1/b8-4-,9-5-;6-2-,7-3-;;;;;;/i;;;1D;;;;. The molecule has 5 N–H and O–H groups in total. The van der Waals surface area contributed by atoms with Gasteiger partial charge in [-0.25, -0.2) is 0 Å². The summed E-state index contributed by atoms with van der Waals surface area (Å²) in [6.45, 7) is -0.690. The molecule has 0 heterocycles. The Morgan fingerprint density at radius 3 is 1.32 bits per heavy atom. The summed E-state index contributed by atoms with van der Waals surface area (Å²) in [4.78, 5) is 59.1. The van der Waals surface area contributed by atoms with Gasteiger partial charge in [-0.05, 0) is 95.1 Å². The van der Waals surface area contributed by atoms with Crippen molar-refractivity contribution in [3.05, 3.63) is 130 Å². The normalized spacial score (nSPS) is 9.96. The number of allylic oxidation sites excluding steroid dienone is 4. The Kier molecular flexibility index (Phi) is 40.9. The van der Waals surface area contributed by atoms with E-state index in [1.165, 1.54) is 75.0 Å². The molecule has 0 unspecified atom stereocenters. The van der Waals surface area contributed by atoms with Crippen molar-refractivity contribution in [2.45, 2.75) is 26.1 Å². The van der Waals surface area contributed by atoms with Gasteiger partial charge in [-0.2, -0.15) is 0 Å². The number of aliphatic hydroxyl groups is 2. The maximum Gasteiger partial charge on any atom is 1.00 e. The van der Waals surface area contributed by atoms with Gasteiger partial charge in [0, 0.05) is 11.1 Å². The zero-order chi connectivity index (χ0) is 51.3. The van der Waals surface area contributed by atoms with Crippen LogP contribution in [-0.2, 0) is 42.1 Å². The SMILES string of the molecule is C#CCBr.C#CCOc1ccc(/C=C\C(=O)CC(=O)/C=C\c2ccc(O)c(CO)c2)cc1OC.COc1cc(/C=C\C(=O)CC(=O)/C=C\c2ccc(O)c(CO)c2)ccc1O.O=CO[O-].[2H]CF.[H-].[K+].[K+]. The van der Waals surface area contributed by atoms with Crippen LogP contribution in [0.15, 0.2) is 97.1 Å². The number of alkyl halides is 2. The Labute approximate surface area is 496 Å². The van der Waals surface area contributed by atoms with Crippen LogP contribution in [0, 0.1) is 24.7 Å². The molecule has 69 heavy (non-hydrogen) atoms. The molecule has 0 atom stereocenters. The van der Waals surface area contributed by atoms with Crippen molar-refractivity contribution in [2.75, 3.05) is 33.3 Å². The van der Waals surface area contributed by atoms with Crippen molar-refractivity contribution in [1.82, 2.24) is 0 Å². The van der Waals surface area contributed by atoms with Gasteiger partial charge in [-0.3, -0.25) is 28.4 Å². The fraction of sp³-hybridized carbons (Fsp3) is 0.180. The van der Waals surface area contributed by atoms with Crippen LogP contribution in [0.3, 0.4) is 0 Å². The summed E-state index contributed by atoms with van der Waals surface area (Å²) in [7, 11) is 1.93. The van der Waals surface area contributed by atoms with Gasteiger partial charge < -0.3 is 51.3 Å². The molecule has 19 heteroatoms. The second kappa shape index (κ2) is 42.4. The Balaban J connectivity index is -0.000000506. The summed E-state index contributed by atoms with van der Waals surface area (Å²) < 4.78 is 31.1. The third-order valence-electron chi connectivity index (χ3n) is 7.91. The monoisotopic (exact) mass is 1070 g/mol. The van der Waals surface area contributed by atoms with Crippen molar-refractivity contribution >= 4 is 69.8 Å². The Morgan fingerprint density at radius 2 is 1.00 bits per heavy atom. The van der Waals surface area contributed by atoms with E-state index >= 15 is 0 Å². The number of carbonyl (C=O) groups excluding carboxylic acids is 5. The number of ether oxygens (including phenoxy) is 3. The molecular formula is C50H50BrFK2O15. The van der Waals surface area contributed by atoms with Crippen molar-refractivity contribution in [1.29, 1.82) is 0 Å². The number of phenolic OH excluding ortho intramolecular Hbond substituents is 1. The Hall–Kier alpha value is -4.53. The van der Waals surface area contributed by atoms with Crippen molar-refractivity contribution in [3.8, 4) is 59.2 Å². The van der Waals surface area contributed by atoms with Crippen molar-refractivity contribution < 1.29 is 184 Å². The van der Waals surface area contributed by atoms with Crippen LogP contribution in [0.1, 0.15) is 49.0 Å². The number of terminal acetylenes is 2. The van der Waals surface area contributed by atoms with Crippen LogP contribution in [0.4, 0.5) is 4.39 Å². The first kappa shape index (κ1) is 66.6. The van der Waals surface area contributed by atoms with Crippen LogP contribution in [0.2, 0.25) is 0 Å². The quantitative estimate of drug-likeness (QED) is 0.0123. The van der Waals surface area contributed by atoms with Gasteiger partial charge in [0.15, 0.2) is 46.1 Å². The summed E-state index contributed by atoms with van der Waals surface area (Å²) in [5.41, 5.74) is 3.33. The molecule has 0 amide bonds. The van der Waals surface area contributed by atoms with E-state index in [1.54, 1.807) is 60.7 Å². The number of ketones is 4. The molecule has 356 valence electrons. The number of hydrogen-bond acceptors (Lipinski definition) is 15. The van der Waals surface area contributed by atoms with Gasteiger partial charge in [0.2, 0.25) is 0 Å². The number of halogens is 2. The third kappa shape index (κ3) is 30.0. The molecule has 0 aliphatic heterocycles. The van der Waals surface area contributed by atoms with Crippen LogP contribution < -0.4 is 122 Å². The largest absolute Gasteiger partial charge is 1.00 e. The van der Waals surface area contributed by atoms with E-state index in [2.05, 4.69) is 32.7 Å². The number of rotatable bonds is 19. The third-order valence-corrected chi connectivity index (χ3v) is 8.23. The summed E-state index contributed by atoms with van der Waals surface area (Å²) in [5.74, 6) is 4.51.